The predicted octanol–water partition coefficient (Wildman–Crippen LogP) is 4.25. The number of alkyl halides is 3. The summed E-state index contributed by atoms with van der Waals surface area (Å²) in [6, 6.07) is 13.6. The zero-order valence-electron chi connectivity index (χ0n) is 12.6. The van der Waals surface area contributed by atoms with E-state index in [0.29, 0.717) is 6.54 Å². The van der Waals surface area contributed by atoms with Crippen molar-refractivity contribution in [1.29, 1.82) is 0 Å². The van der Waals surface area contributed by atoms with Crippen molar-refractivity contribution in [3.63, 3.8) is 0 Å². The van der Waals surface area contributed by atoms with Crippen LogP contribution in [0.1, 0.15) is 11.1 Å². The number of nitrogens with one attached hydrogen (secondary N) is 1. The Bertz CT molecular complexity index is 670. The average Bonchev–Trinajstić information content (AvgIpc) is 2.53. The number of rotatable bonds is 6. The molecular weight excluding hydrogens is 387 g/mol. The molecule has 0 bridgehead atoms. The van der Waals surface area contributed by atoms with E-state index < -0.39 is 12.8 Å². The first kappa shape index (κ1) is 18.3. The SMILES string of the molecule is O=C(Cc1ccc(Br)cc1)NCc1ccc(OCC(F)(F)F)cc1. The van der Waals surface area contributed by atoms with Gasteiger partial charge >= 0.3 is 6.18 Å². The number of hydrogen-bond donors (Lipinski definition) is 1. The smallest absolute Gasteiger partial charge is 0.422 e. The van der Waals surface area contributed by atoms with Crippen molar-refractivity contribution >= 4 is 21.8 Å². The van der Waals surface area contributed by atoms with Gasteiger partial charge in [-0.05, 0) is 35.4 Å². The molecule has 0 aliphatic heterocycles. The largest absolute Gasteiger partial charge is 0.484 e. The van der Waals surface area contributed by atoms with Crippen molar-refractivity contribution < 1.29 is 22.7 Å². The van der Waals surface area contributed by atoms with Crippen LogP contribution in [-0.4, -0.2) is 18.7 Å². The molecule has 2 aromatic carbocycles. The van der Waals surface area contributed by atoms with Crippen LogP contribution >= 0.6 is 15.9 Å². The van der Waals surface area contributed by atoms with Gasteiger partial charge in [-0.25, -0.2) is 0 Å². The Kier molecular flexibility index (Phi) is 6.25. The third-order valence-corrected chi connectivity index (χ3v) is 3.62. The molecule has 0 spiro atoms. The molecule has 1 amide bonds. The van der Waals surface area contributed by atoms with E-state index in [2.05, 4.69) is 26.0 Å². The number of ether oxygens (including phenoxy) is 1. The molecule has 0 heterocycles. The van der Waals surface area contributed by atoms with Crippen molar-refractivity contribution in [3.05, 3.63) is 64.1 Å². The molecule has 3 nitrogen and oxygen atoms in total. The molecule has 0 unspecified atom stereocenters. The van der Waals surface area contributed by atoms with Gasteiger partial charge < -0.3 is 10.1 Å². The fourth-order valence-corrected chi connectivity index (χ4v) is 2.18. The summed E-state index contributed by atoms with van der Waals surface area (Å²) in [5.74, 6) is 0.00647. The average molecular weight is 402 g/mol. The highest BCUT2D eigenvalue weighted by Gasteiger charge is 2.28. The Morgan fingerprint density at radius 2 is 1.58 bits per heavy atom. The lowest BCUT2D eigenvalue weighted by atomic mass is 10.1. The Morgan fingerprint density at radius 3 is 2.17 bits per heavy atom. The minimum Gasteiger partial charge on any atom is -0.484 e. The molecule has 2 aromatic rings. The van der Waals surface area contributed by atoms with Gasteiger partial charge in [-0.3, -0.25) is 4.79 Å². The minimum atomic E-state index is -4.36. The predicted molar refractivity (Wildman–Crippen MR) is 87.7 cm³/mol. The number of amides is 1. The van der Waals surface area contributed by atoms with E-state index in [1.54, 1.807) is 12.1 Å². The highest BCUT2D eigenvalue weighted by Crippen LogP contribution is 2.18. The fourth-order valence-electron chi connectivity index (χ4n) is 1.92. The van der Waals surface area contributed by atoms with E-state index >= 15 is 0 Å². The van der Waals surface area contributed by atoms with Crippen molar-refractivity contribution in [2.45, 2.75) is 19.1 Å². The molecule has 0 aromatic heterocycles. The van der Waals surface area contributed by atoms with Crippen LogP contribution in [0.3, 0.4) is 0 Å². The molecule has 0 aliphatic rings. The molecule has 7 heteroatoms. The van der Waals surface area contributed by atoms with Crippen LogP contribution in [0.15, 0.2) is 53.0 Å². The zero-order valence-corrected chi connectivity index (χ0v) is 14.2. The van der Waals surface area contributed by atoms with Crippen molar-refractivity contribution in [1.82, 2.24) is 5.32 Å². The molecule has 128 valence electrons. The quantitative estimate of drug-likeness (QED) is 0.785. The van der Waals surface area contributed by atoms with Crippen LogP contribution in [0.25, 0.3) is 0 Å². The summed E-state index contributed by atoms with van der Waals surface area (Å²) in [4.78, 5) is 11.9. The van der Waals surface area contributed by atoms with Gasteiger partial charge in [-0.15, -0.1) is 0 Å². The van der Waals surface area contributed by atoms with E-state index in [9.17, 15) is 18.0 Å². The third-order valence-electron chi connectivity index (χ3n) is 3.09. The fraction of sp³-hybridized carbons (Fsp3) is 0.235. The Hall–Kier alpha value is -2.02. The molecule has 0 atom stereocenters. The summed E-state index contributed by atoms with van der Waals surface area (Å²) in [5.41, 5.74) is 1.67. The maximum absolute atomic E-state index is 12.1. The Morgan fingerprint density at radius 1 is 1.00 bits per heavy atom. The summed E-state index contributed by atoms with van der Waals surface area (Å²) < 4.78 is 41.7. The standard InChI is InChI=1S/C17H15BrF3NO2/c18-14-5-1-12(2-6-14)9-16(23)22-10-13-3-7-15(8-4-13)24-11-17(19,20)21/h1-8H,9-11H2,(H,22,23). The molecule has 1 N–H and O–H groups in total. The van der Waals surface area contributed by atoms with Gasteiger partial charge in [0.2, 0.25) is 5.91 Å². The zero-order chi connectivity index (χ0) is 17.6. The van der Waals surface area contributed by atoms with E-state index in [4.69, 9.17) is 0 Å². The molecule has 2 rings (SSSR count). The Labute approximate surface area is 146 Å². The molecule has 0 radical (unpaired) electrons. The van der Waals surface area contributed by atoms with Crippen LogP contribution < -0.4 is 10.1 Å². The first-order valence-electron chi connectivity index (χ1n) is 7.11. The molecule has 0 aliphatic carbocycles. The van der Waals surface area contributed by atoms with Gasteiger partial charge in [0, 0.05) is 11.0 Å². The monoisotopic (exact) mass is 401 g/mol. The van der Waals surface area contributed by atoms with Gasteiger partial charge in [0.05, 0.1) is 6.42 Å². The maximum atomic E-state index is 12.1. The maximum Gasteiger partial charge on any atom is 0.422 e. The first-order chi connectivity index (χ1) is 11.3. The summed E-state index contributed by atoms with van der Waals surface area (Å²) in [5, 5.41) is 2.77. The van der Waals surface area contributed by atoms with Crippen molar-refractivity contribution in [3.8, 4) is 5.75 Å². The second-order valence-electron chi connectivity index (χ2n) is 5.13. The van der Waals surface area contributed by atoms with E-state index in [1.165, 1.54) is 12.1 Å². The van der Waals surface area contributed by atoms with Crippen LogP contribution in [0.4, 0.5) is 13.2 Å². The highest BCUT2D eigenvalue weighted by atomic mass is 79.9. The van der Waals surface area contributed by atoms with Gasteiger partial charge in [0.25, 0.3) is 0 Å². The van der Waals surface area contributed by atoms with Crippen LogP contribution in [0.5, 0.6) is 5.75 Å². The lowest BCUT2D eigenvalue weighted by molar-refractivity contribution is -0.153. The van der Waals surface area contributed by atoms with Gasteiger partial charge in [-0.1, -0.05) is 40.2 Å². The normalized spacial score (nSPS) is 11.2. The summed E-state index contributed by atoms with van der Waals surface area (Å²) >= 11 is 3.33. The van der Waals surface area contributed by atoms with E-state index in [0.717, 1.165) is 15.6 Å². The second kappa shape index (κ2) is 8.19. The molecular formula is C17H15BrF3NO2. The summed E-state index contributed by atoms with van der Waals surface area (Å²) in [6.45, 7) is -1.02. The highest BCUT2D eigenvalue weighted by molar-refractivity contribution is 9.10. The first-order valence-corrected chi connectivity index (χ1v) is 7.91. The summed E-state index contributed by atoms with van der Waals surface area (Å²) in [6.07, 6.45) is -4.10. The molecule has 0 saturated carbocycles. The van der Waals surface area contributed by atoms with Crippen LogP contribution in [0, 0.1) is 0 Å². The van der Waals surface area contributed by atoms with Gasteiger partial charge in [-0.2, -0.15) is 13.2 Å². The lowest BCUT2D eigenvalue weighted by Crippen LogP contribution is -2.24. The van der Waals surface area contributed by atoms with Crippen LogP contribution in [-0.2, 0) is 17.8 Å². The number of carbonyl (C=O) groups excluding carboxylic acids is 1. The molecule has 0 saturated heterocycles. The van der Waals surface area contributed by atoms with Gasteiger partial charge in [0.15, 0.2) is 6.61 Å². The van der Waals surface area contributed by atoms with Crippen molar-refractivity contribution in [2.24, 2.45) is 0 Å². The Balaban J connectivity index is 1.79. The molecule has 24 heavy (non-hydrogen) atoms. The van der Waals surface area contributed by atoms with Crippen molar-refractivity contribution in [2.75, 3.05) is 6.61 Å². The number of hydrogen-bond acceptors (Lipinski definition) is 2. The second-order valence-corrected chi connectivity index (χ2v) is 6.04. The third kappa shape index (κ3) is 6.62. The van der Waals surface area contributed by atoms with E-state index in [1.807, 2.05) is 24.3 Å². The lowest BCUT2D eigenvalue weighted by Gasteiger charge is -2.10. The minimum absolute atomic E-state index is 0.130. The summed E-state index contributed by atoms with van der Waals surface area (Å²) in [7, 11) is 0. The van der Waals surface area contributed by atoms with Gasteiger partial charge in [0.1, 0.15) is 5.75 Å². The number of halogens is 4. The molecule has 0 fully saturated rings. The number of benzene rings is 2. The van der Waals surface area contributed by atoms with E-state index in [-0.39, 0.29) is 18.1 Å². The number of carbonyl (C=O) groups is 1. The van der Waals surface area contributed by atoms with Crippen LogP contribution in [0.2, 0.25) is 0 Å². The topological polar surface area (TPSA) is 38.3 Å².